The molecule has 1 heterocycles. The van der Waals surface area contributed by atoms with Gasteiger partial charge in [0.2, 0.25) is 0 Å². The molecule has 2 aromatic rings. The van der Waals surface area contributed by atoms with Crippen molar-refractivity contribution in [2.45, 2.75) is 4.84 Å². The zero-order valence-corrected chi connectivity index (χ0v) is 20.8. The van der Waals surface area contributed by atoms with Crippen LogP contribution in [0.4, 0.5) is 0 Å². The van der Waals surface area contributed by atoms with Crippen molar-refractivity contribution < 1.29 is 28.5 Å². The zero-order valence-electron chi connectivity index (χ0n) is 19.3. The maximum Gasteiger partial charge on any atom is 0.256 e. The number of methoxy groups -OCH3 is 4. The van der Waals surface area contributed by atoms with E-state index < -0.39 is 10.7 Å². The largest absolute Gasteiger partial charge is 0.493 e. The monoisotopic (exact) mass is 505 g/mol. The summed E-state index contributed by atoms with van der Waals surface area (Å²) in [6.45, 7) is 0.149. The first-order chi connectivity index (χ1) is 16.3. The van der Waals surface area contributed by atoms with E-state index in [1.54, 1.807) is 62.8 Å². The highest BCUT2D eigenvalue weighted by atomic mass is 35.5. The molecule has 0 aromatic heterocycles. The molecule has 0 bridgehead atoms. The number of hydrogen-bond donors (Lipinski definition) is 0. The van der Waals surface area contributed by atoms with Gasteiger partial charge in [-0.05, 0) is 47.5 Å². The second kappa shape index (κ2) is 11.3. The normalized spacial score (nSPS) is 16.2. The molecule has 0 N–H and O–H groups in total. The number of halogens is 2. The SMILES string of the molecule is COc1ccc(/C=C2\CN(C(=O)C(Cl)Cl)C/C(=C\c3ccc(OC)c(OC)c3)C2=O)cc1OC. The number of ketones is 1. The molecule has 0 atom stereocenters. The maximum atomic E-state index is 13.4. The van der Waals surface area contributed by atoms with E-state index in [2.05, 4.69) is 0 Å². The van der Waals surface area contributed by atoms with Gasteiger partial charge in [0.25, 0.3) is 5.91 Å². The van der Waals surface area contributed by atoms with Crippen LogP contribution < -0.4 is 18.9 Å². The van der Waals surface area contributed by atoms with Gasteiger partial charge in [0.05, 0.1) is 28.4 Å². The molecule has 2 aromatic carbocycles. The summed E-state index contributed by atoms with van der Waals surface area (Å²) < 4.78 is 21.3. The van der Waals surface area contributed by atoms with Gasteiger partial charge in [-0.3, -0.25) is 9.59 Å². The third kappa shape index (κ3) is 5.66. The molecule has 3 rings (SSSR count). The molecule has 7 nitrogen and oxygen atoms in total. The van der Waals surface area contributed by atoms with E-state index in [1.165, 1.54) is 19.1 Å². The number of nitrogens with zero attached hydrogens (tertiary/aromatic N) is 1. The van der Waals surface area contributed by atoms with Gasteiger partial charge in [0.15, 0.2) is 33.6 Å². The molecule has 0 saturated carbocycles. The number of ether oxygens (including phenoxy) is 4. The number of carbonyl (C=O) groups excluding carboxylic acids is 2. The number of rotatable bonds is 7. The van der Waals surface area contributed by atoms with Gasteiger partial charge in [-0.2, -0.15) is 0 Å². The Hall–Kier alpha value is -3.16. The number of carbonyl (C=O) groups is 2. The van der Waals surface area contributed by atoms with Crippen molar-refractivity contribution in [3.8, 4) is 23.0 Å². The lowest BCUT2D eigenvalue weighted by molar-refractivity contribution is -0.129. The fourth-order valence-electron chi connectivity index (χ4n) is 3.62. The van der Waals surface area contributed by atoms with Gasteiger partial charge in [-0.1, -0.05) is 35.3 Å². The van der Waals surface area contributed by atoms with Crippen molar-refractivity contribution in [2.75, 3.05) is 41.5 Å². The fourth-order valence-corrected chi connectivity index (χ4v) is 3.90. The second-order valence-corrected chi connectivity index (χ2v) is 8.49. The molecule has 1 saturated heterocycles. The molecule has 9 heteroatoms. The van der Waals surface area contributed by atoms with Crippen LogP contribution in [0.1, 0.15) is 11.1 Å². The summed E-state index contributed by atoms with van der Waals surface area (Å²) in [5, 5.41) is 0. The van der Waals surface area contributed by atoms with Crippen LogP contribution in [-0.2, 0) is 9.59 Å². The molecule has 34 heavy (non-hydrogen) atoms. The Morgan fingerprint density at radius 1 is 0.794 bits per heavy atom. The van der Waals surface area contributed by atoms with E-state index in [0.29, 0.717) is 45.3 Å². The Balaban J connectivity index is 2.04. The van der Waals surface area contributed by atoms with Crippen LogP contribution in [0.25, 0.3) is 12.2 Å². The Bertz CT molecular complexity index is 1060. The predicted molar refractivity (Wildman–Crippen MR) is 132 cm³/mol. The second-order valence-electron chi connectivity index (χ2n) is 7.39. The van der Waals surface area contributed by atoms with Gasteiger partial charge in [0, 0.05) is 24.2 Å². The number of likely N-dealkylation sites (tertiary alicyclic amines) is 1. The minimum atomic E-state index is -1.24. The maximum absolute atomic E-state index is 13.4. The Labute approximate surface area is 208 Å². The van der Waals surface area contributed by atoms with Crippen LogP contribution in [0.15, 0.2) is 47.5 Å². The smallest absolute Gasteiger partial charge is 0.256 e. The highest BCUT2D eigenvalue weighted by Crippen LogP contribution is 2.31. The van der Waals surface area contributed by atoms with Gasteiger partial charge in [-0.15, -0.1) is 0 Å². The van der Waals surface area contributed by atoms with Crippen molar-refractivity contribution in [1.29, 1.82) is 0 Å². The van der Waals surface area contributed by atoms with Crippen molar-refractivity contribution in [3.05, 3.63) is 58.7 Å². The molecule has 1 aliphatic rings. The van der Waals surface area contributed by atoms with Crippen LogP contribution >= 0.6 is 23.2 Å². The summed E-state index contributed by atoms with van der Waals surface area (Å²) in [5.41, 5.74) is 2.25. The Kier molecular flexibility index (Phi) is 8.47. The number of benzene rings is 2. The molecule has 0 radical (unpaired) electrons. The lowest BCUT2D eigenvalue weighted by Gasteiger charge is -2.30. The van der Waals surface area contributed by atoms with Crippen LogP contribution in [0, 0.1) is 0 Å². The van der Waals surface area contributed by atoms with Crippen LogP contribution in [-0.4, -0.2) is 63.0 Å². The molecule has 1 fully saturated rings. The summed E-state index contributed by atoms with van der Waals surface area (Å²) in [4.78, 5) is 26.2. The van der Waals surface area contributed by atoms with Gasteiger partial charge in [0.1, 0.15) is 0 Å². The average Bonchev–Trinajstić information content (AvgIpc) is 2.85. The van der Waals surface area contributed by atoms with Crippen molar-refractivity contribution in [2.24, 2.45) is 0 Å². The quantitative estimate of drug-likeness (QED) is 0.410. The summed E-state index contributed by atoms with van der Waals surface area (Å²) in [7, 11) is 6.16. The zero-order chi connectivity index (χ0) is 24.8. The summed E-state index contributed by atoms with van der Waals surface area (Å²) >= 11 is 11.7. The number of amides is 1. The first-order valence-corrected chi connectivity index (χ1v) is 11.1. The van der Waals surface area contributed by atoms with E-state index in [9.17, 15) is 9.59 Å². The number of piperidine rings is 1. The minimum Gasteiger partial charge on any atom is -0.493 e. The molecular formula is C25H25Cl2NO6. The summed E-state index contributed by atoms with van der Waals surface area (Å²) in [6.07, 6.45) is 3.42. The van der Waals surface area contributed by atoms with Gasteiger partial charge in [-0.25, -0.2) is 0 Å². The first-order valence-electron chi connectivity index (χ1n) is 10.3. The highest BCUT2D eigenvalue weighted by Gasteiger charge is 2.31. The number of alkyl halides is 2. The van der Waals surface area contributed by atoms with E-state index in [4.69, 9.17) is 42.1 Å². The van der Waals surface area contributed by atoms with Gasteiger partial charge >= 0.3 is 0 Å². The third-order valence-corrected chi connectivity index (χ3v) is 5.67. The summed E-state index contributed by atoms with van der Waals surface area (Å²) in [5.74, 6) is 1.52. The van der Waals surface area contributed by atoms with E-state index in [-0.39, 0.29) is 18.9 Å². The van der Waals surface area contributed by atoms with Crippen molar-refractivity contribution in [3.63, 3.8) is 0 Å². The fraction of sp³-hybridized carbons (Fsp3) is 0.280. The summed E-state index contributed by atoms with van der Waals surface area (Å²) in [6, 6.07) is 10.6. The van der Waals surface area contributed by atoms with Gasteiger partial charge < -0.3 is 23.8 Å². The standard InChI is InChI=1S/C25H25Cl2NO6/c1-31-19-7-5-15(11-21(19)33-3)9-17-13-28(25(30)24(26)27)14-18(23(17)29)10-16-6-8-20(32-2)22(12-16)34-4/h5-12,24H,13-14H2,1-4H3/b17-9+,18-10+. The predicted octanol–water partition coefficient (Wildman–Crippen LogP) is 4.40. The Morgan fingerprint density at radius 3 is 1.56 bits per heavy atom. The molecular weight excluding hydrogens is 481 g/mol. The van der Waals surface area contributed by atoms with E-state index in [0.717, 1.165) is 0 Å². The highest BCUT2D eigenvalue weighted by molar-refractivity contribution is 6.53. The number of hydrogen-bond acceptors (Lipinski definition) is 6. The van der Waals surface area contributed by atoms with Crippen LogP contribution in [0.3, 0.4) is 0 Å². The van der Waals surface area contributed by atoms with Crippen molar-refractivity contribution in [1.82, 2.24) is 4.90 Å². The van der Waals surface area contributed by atoms with Crippen LogP contribution in [0.2, 0.25) is 0 Å². The topological polar surface area (TPSA) is 74.3 Å². The average molecular weight is 506 g/mol. The number of Topliss-reactive ketones (excluding diaryl/α,β-unsaturated/α-hetero) is 1. The molecule has 180 valence electrons. The Morgan fingerprint density at radius 2 is 1.21 bits per heavy atom. The molecule has 0 spiro atoms. The lowest BCUT2D eigenvalue weighted by Crippen LogP contribution is -2.43. The minimum absolute atomic E-state index is 0.0746. The third-order valence-electron chi connectivity index (χ3n) is 5.30. The molecule has 1 amide bonds. The first kappa shape index (κ1) is 25.5. The lowest BCUT2D eigenvalue weighted by atomic mass is 9.94. The van der Waals surface area contributed by atoms with E-state index in [1.807, 2.05) is 0 Å². The molecule has 0 aliphatic carbocycles. The van der Waals surface area contributed by atoms with Crippen LogP contribution in [0.5, 0.6) is 23.0 Å². The van der Waals surface area contributed by atoms with E-state index >= 15 is 0 Å². The molecule has 0 unspecified atom stereocenters. The molecule has 1 aliphatic heterocycles. The van der Waals surface area contributed by atoms with Crippen molar-refractivity contribution >= 4 is 47.0 Å².